The Bertz CT molecular complexity index is 740. The molecule has 3 heterocycles. The highest BCUT2D eigenvalue weighted by Crippen LogP contribution is 2.18. The van der Waals surface area contributed by atoms with E-state index in [2.05, 4.69) is 25.8 Å². The minimum Gasteiger partial charge on any atom is -0.354 e. The number of hydrogen-bond acceptors (Lipinski definition) is 5. The number of piperidine rings is 1. The zero-order valence-corrected chi connectivity index (χ0v) is 15.7. The summed E-state index contributed by atoms with van der Waals surface area (Å²) in [6, 6.07) is 10.1. The first kappa shape index (κ1) is 18.1. The van der Waals surface area contributed by atoms with Crippen molar-refractivity contribution < 1.29 is 4.79 Å². The number of rotatable bonds is 6. The molecular formula is C20H28N6O. The van der Waals surface area contributed by atoms with Crippen LogP contribution in [-0.2, 0) is 11.3 Å². The Hall–Kier alpha value is -2.25. The highest BCUT2D eigenvalue weighted by Gasteiger charge is 2.25. The van der Waals surface area contributed by atoms with Gasteiger partial charge in [0.15, 0.2) is 0 Å². The summed E-state index contributed by atoms with van der Waals surface area (Å²) in [5.74, 6) is 0.670. The summed E-state index contributed by atoms with van der Waals surface area (Å²) in [5, 5.41) is 15.0. The summed E-state index contributed by atoms with van der Waals surface area (Å²) in [7, 11) is 0. The normalized spacial score (nSPS) is 23.4. The lowest BCUT2D eigenvalue weighted by atomic mass is 9.97. The van der Waals surface area contributed by atoms with Crippen molar-refractivity contribution >= 4 is 5.91 Å². The van der Waals surface area contributed by atoms with Gasteiger partial charge in [0.05, 0.1) is 23.6 Å². The molecule has 4 rings (SSSR count). The van der Waals surface area contributed by atoms with E-state index in [-0.39, 0.29) is 11.9 Å². The lowest BCUT2D eigenvalue weighted by Gasteiger charge is -2.32. The number of carbonyl (C=O) groups excluding carboxylic acids is 1. The first-order chi connectivity index (χ1) is 13.3. The maximum absolute atomic E-state index is 12.2. The molecule has 2 N–H and O–H groups in total. The fourth-order valence-corrected chi connectivity index (χ4v) is 4.04. The van der Waals surface area contributed by atoms with Gasteiger partial charge in [0.25, 0.3) is 0 Å². The van der Waals surface area contributed by atoms with E-state index in [4.69, 9.17) is 0 Å². The first-order valence-corrected chi connectivity index (χ1v) is 9.98. The molecule has 144 valence electrons. The fraction of sp³-hybridized carbons (Fsp3) is 0.550. The lowest BCUT2D eigenvalue weighted by Crippen LogP contribution is -2.45. The summed E-state index contributed by atoms with van der Waals surface area (Å²) >= 11 is 0. The van der Waals surface area contributed by atoms with Crippen molar-refractivity contribution in [2.75, 3.05) is 26.2 Å². The number of hydrogen-bond donors (Lipinski definition) is 2. The number of likely N-dealkylation sites (tertiary alicyclic amines) is 1. The minimum atomic E-state index is 0.0118. The zero-order valence-electron chi connectivity index (χ0n) is 15.7. The van der Waals surface area contributed by atoms with Crippen molar-refractivity contribution in [3.63, 3.8) is 0 Å². The predicted molar refractivity (Wildman–Crippen MR) is 103 cm³/mol. The Morgan fingerprint density at radius 2 is 2.11 bits per heavy atom. The van der Waals surface area contributed by atoms with Gasteiger partial charge in [-0.05, 0) is 56.8 Å². The standard InChI is InChI=1S/C20H28N6O/c27-20(19-9-4-10-21-19)22-12-16-6-5-11-25(13-16)14-17-15-26(24-23-17)18-7-2-1-3-8-18/h1-3,7-8,15-16,19,21H,4-6,9-14H2,(H,22,27). The van der Waals surface area contributed by atoms with Crippen LogP contribution in [0.25, 0.3) is 5.69 Å². The van der Waals surface area contributed by atoms with Gasteiger partial charge in [-0.1, -0.05) is 23.4 Å². The van der Waals surface area contributed by atoms with Crippen LogP contribution >= 0.6 is 0 Å². The molecule has 7 heteroatoms. The molecule has 27 heavy (non-hydrogen) atoms. The highest BCUT2D eigenvalue weighted by atomic mass is 16.2. The second-order valence-electron chi connectivity index (χ2n) is 7.63. The van der Waals surface area contributed by atoms with Crippen LogP contribution in [0.3, 0.4) is 0 Å². The van der Waals surface area contributed by atoms with Crippen LogP contribution in [0.4, 0.5) is 0 Å². The Morgan fingerprint density at radius 3 is 2.93 bits per heavy atom. The van der Waals surface area contributed by atoms with E-state index >= 15 is 0 Å². The zero-order chi connectivity index (χ0) is 18.5. The number of para-hydroxylation sites is 1. The van der Waals surface area contributed by atoms with Gasteiger partial charge in [-0.2, -0.15) is 0 Å². The van der Waals surface area contributed by atoms with Crippen molar-refractivity contribution in [2.24, 2.45) is 5.92 Å². The maximum atomic E-state index is 12.2. The molecule has 7 nitrogen and oxygen atoms in total. The number of carbonyl (C=O) groups is 1. The van der Waals surface area contributed by atoms with Crippen LogP contribution in [0, 0.1) is 5.92 Å². The molecule has 1 aromatic carbocycles. The van der Waals surface area contributed by atoms with Gasteiger partial charge >= 0.3 is 0 Å². The van der Waals surface area contributed by atoms with Gasteiger partial charge in [-0.3, -0.25) is 9.69 Å². The smallest absolute Gasteiger partial charge is 0.237 e. The quantitative estimate of drug-likeness (QED) is 0.805. The average molecular weight is 368 g/mol. The summed E-state index contributed by atoms with van der Waals surface area (Å²) in [4.78, 5) is 14.6. The monoisotopic (exact) mass is 368 g/mol. The molecule has 0 aliphatic carbocycles. The third-order valence-corrected chi connectivity index (χ3v) is 5.49. The van der Waals surface area contributed by atoms with Crippen LogP contribution in [0.2, 0.25) is 0 Å². The van der Waals surface area contributed by atoms with Crippen molar-refractivity contribution in [1.29, 1.82) is 0 Å². The van der Waals surface area contributed by atoms with Crippen molar-refractivity contribution in [3.05, 3.63) is 42.2 Å². The minimum absolute atomic E-state index is 0.0118. The van der Waals surface area contributed by atoms with E-state index in [0.717, 1.165) is 63.4 Å². The third-order valence-electron chi connectivity index (χ3n) is 5.49. The van der Waals surface area contributed by atoms with E-state index in [1.807, 2.05) is 41.2 Å². The number of nitrogens with one attached hydrogen (secondary N) is 2. The molecule has 2 saturated heterocycles. The SMILES string of the molecule is O=C(NCC1CCCN(Cc2cn(-c3ccccc3)nn2)C1)C1CCCN1. The maximum Gasteiger partial charge on any atom is 0.237 e. The van der Waals surface area contributed by atoms with Gasteiger partial charge in [-0.25, -0.2) is 4.68 Å². The van der Waals surface area contributed by atoms with Crippen LogP contribution in [-0.4, -0.2) is 58.0 Å². The largest absolute Gasteiger partial charge is 0.354 e. The van der Waals surface area contributed by atoms with Crippen LogP contribution in [0.5, 0.6) is 0 Å². The molecule has 2 aliphatic heterocycles. The number of benzene rings is 1. The summed E-state index contributed by atoms with van der Waals surface area (Å²) < 4.78 is 1.82. The predicted octanol–water partition coefficient (Wildman–Crippen LogP) is 1.35. The molecule has 1 aromatic heterocycles. The van der Waals surface area contributed by atoms with Crippen LogP contribution < -0.4 is 10.6 Å². The number of aromatic nitrogens is 3. The van der Waals surface area contributed by atoms with Gasteiger partial charge < -0.3 is 10.6 Å². The Labute approximate surface area is 160 Å². The molecule has 0 spiro atoms. The first-order valence-electron chi connectivity index (χ1n) is 9.98. The van der Waals surface area contributed by atoms with Gasteiger partial charge in [0.1, 0.15) is 0 Å². The molecule has 2 atom stereocenters. The molecule has 0 radical (unpaired) electrons. The molecule has 0 bridgehead atoms. The van der Waals surface area contributed by atoms with E-state index in [1.165, 1.54) is 6.42 Å². The summed E-state index contributed by atoms with van der Waals surface area (Å²) in [6.45, 7) is 4.61. The van der Waals surface area contributed by atoms with Crippen LogP contribution in [0.15, 0.2) is 36.5 Å². The Balaban J connectivity index is 1.27. The van der Waals surface area contributed by atoms with Gasteiger partial charge in [0.2, 0.25) is 5.91 Å². The molecule has 2 aliphatic rings. The fourth-order valence-electron chi connectivity index (χ4n) is 4.04. The van der Waals surface area contributed by atoms with Crippen LogP contribution in [0.1, 0.15) is 31.4 Å². The van der Waals surface area contributed by atoms with Crippen molar-refractivity contribution in [2.45, 2.75) is 38.3 Å². The number of amides is 1. The highest BCUT2D eigenvalue weighted by molar-refractivity contribution is 5.81. The van der Waals surface area contributed by atoms with E-state index in [9.17, 15) is 4.79 Å². The van der Waals surface area contributed by atoms with Gasteiger partial charge in [0, 0.05) is 19.6 Å². The van der Waals surface area contributed by atoms with Gasteiger partial charge in [-0.15, -0.1) is 5.10 Å². The van der Waals surface area contributed by atoms with Crippen molar-refractivity contribution in [1.82, 2.24) is 30.5 Å². The van der Waals surface area contributed by atoms with E-state index in [1.54, 1.807) is 0 Å². The summed E-state index contributed by atoms with van der Waals surface area (Å²) in [6.07, 6.45) is 6.39. The Morgan fingerprint density at radius 1 is 1.22 bits per heavy atom. The topological polar surface area (TPSA) is 75.1 Å². The Kier molecular flexibility index (Phi) is 5.79. The molecular weight excluding hydrogens is 340 g/mol. The average Bonchev–Trinajstić information content (AvgIpc) is 3.39. The molecule has 1 amide bonds. The molecule has 2 fully saturated rings. The second kappa shape index (κ2) is 8.63. The second-order valence-corrected chi connectivity index (χ2v) is 7.63. The molecule has 2 aromatic rings. The van der Waals surface area contributed by atoms with E-state index in [0.29, 0.717) is 5.92 Å². The van der Waals surface area contributed by atoms with E-state index < -0.39 is 0 Å². The molecule has 0 saturated carbocycles. The van der Waals surface area contributed by atoms with Crippen molar-refractivity contribution in [3.8, 4) is 5.69 Å². The summed E-state index contributed by atoms with van der Waals surface area (Å²) in [5.41, 5.74) is 2.01. The number of nitrogens with zero attached hydrogens (tertiary/aromatic N) is 4. The lowest BCUT2D eigenvalue weighted by molar-refractivity contribution is -0.123. The molecule has 2 unspecified atom stereocenters. The third kappa shape index (κ3) is 4.73.